The van der Waals surface area contributed by atoms with E-state index in [0.717, 1.165) is 0 Å². The highest BCUT2D eigenvalue weighted by Gasteiger charge is 1.91. The van der Waals surface area contributed by atoms with Crippen molar-refractivity contribution in [2.75, 3.05) is 6.61 Å². The normalized spacial score (nSPS) is 9.12. The molecule has 0 spiro atoms. The Bertz CT molecular complexity index is 72.8. The van der Waals surface area contributed by atoms with Crippen LogP contribution in [-0.4, -0.2) is 12.5 Å². The molecule has 0 bridgehead atoms. The summed E-state index contributed by atoms with van der Waals surface area (Å²) < 4.78 is 0. The lowest BCUT2D eigenvalue weighted by Gasteiger charge is -1.89. The summed E-state index contributed by atoms with van der Waals surface area (Å²) in [7, 11) is 0. The third kappa shape index (κ3) is 5.43. The maximum absolute atomic E-state index is 9.99. The summed E-state index contributed by atoms with van der Waals surface area (Å²) in [5.41, 5.74) is 4.79. The van der Waals surface area contributed by atoms with E-state index in [4.69, 9.17) is 5.73 Å². The van der Waals surface area contributed by atoms with Crippen LogP contribution in [0.3, 0.4) is 0 Å². The number of carbonyl (C=O) groups excluding carboxylic acids is 1. The number of carbonyl (C=O) groups is 1. The van der Waals surface area contributed by atoms with Crippen LogP contribution in [0, 0.1) is 0 Å². The van der Waals surface area contributed by atoms with Crippen LogP contribution in [0.15, 0.2) is 0 Å². The van der Waals surface area contributed by atoms with Gasteiger partial charge in [-0.1, -0.05) is 0 Å². The van der Waals surface area contributed by atoms with E-state index in [1.165, 1.54) is 0 Å². The second-order valence-corrected chi connectivity index (χ2v) is 1.63. The first-order chi connectivity index (χ1) is 3.77. The summed E-state index contributed by atoms with van der Waals surface area (Å²) in [5.74, 6) is -0.321. The standard InChI is InChI=1S/C5H10NO2/c6-5(8)3-1-2-4-7/h1-4H2,(H2,6,8). The van der Waals surface area contributed by atoms with Crippen LogP contribution in [0.5, 0.6) is 0 Å². The van der Waals surface area contributed by atoms with Crippen molar-refractivity contribution in [2.24, 2.45) is 5.73 Å². The number of amides is 1. The van der Waals surface area contributed by atoms with Crippen molar-refractivity contribution >= 4 is 5.91 Å². The fourth-order valence-electron chi connectivity index (χ4n) is 0.401. The van der Waals surface area contributed by atoms with Gasteiger partial charge in [-0.05, 0) is 12.8 Å². The molecule has 0 aliphatic rings. The number of hydrogen-bond acceptors (Lipinski definition) is 1. The Morgan fingerprint density at radius 1 is 1.38 bits per heavy atom. The summed E-state index contributed by atoms with van der Waals surface area (Å²) in [6.07, 6.45) is 1.55. The number of hydrogen-bond donors (Lipinski definition) is 1. The SMILES string of the molecule is NC(=O)CCCC[O]. The van der Waals surface area contributed by atoms with Crippen molar-refractivity contribution in [3.05, 3.63) is 0 Å². The van der Waals surface area contributed by atoms with Gasteiger partial charge in [0.05, 0.1) is 6.61 Å². The molecule has 0 rings (SSSR count). The number of primary amides is 1. The van der Waals surface area contributed by atoms with E-state index < -0.39 is 0 Å². The van der Waals surface area contributed by atoms with Gasteiger partial charge in [-0.15, -0.1) is 0 Å². The van der Waals surface area contributed by atoms with Crippen molar-refractivity contribution in [1.82, 2.24) is 0 Å². The third-order valence-electron chi connectivity index (χ3n) is 0.818. The lowest BCUT2D eigenvalue weighted by atomic mass is 10.2. The smallest absolute Gasteiger partial charge is 0.217 e. The quantitative estimate of drug-likeness (QED) is 0.519. The van der Waals surface area contributed by atoms with Crippen molar-refractivity contribution in [1.29, 1.82) is 0 Å². The maximum Gasteiger partial charge on any atom is 0.217 e. The molecular formula is C5H10NO2. The average Bonchev–Trinajstić information content (AvgIpc) is 1.66. The van der Waals surface area contributed by atoms with E-state index in [0.29, 0.717) is 19.3 Å². The minimum Gasteiger partial charge on any atom is -0.370 e. The molecule has 8 heavy (non-hydrogen) atoms. The van der Waals surface area contributed by atoms with Gasteiger partial charge in [0.1, 0.15) is 0 Å². The van der Waals surface area contributed by atoms with Gasteiger partial charge in [-0.25, -0.2) is 5.11 Å². The zero-order valence-electron chi connectivity index (χ0n) is 4.72. The van der Waals surface area contributed by atoms with Crippen LogP contribution in [0.4, 0.5) is 0 Å². The van der Waals surface area contributed by atoms with Crippen molar-refractivity contribution < 1.29 is 9.90 Å². The first kappa shape index (κ1) is 7.43. The molecule has 3 nitrogen and oxygen atoms in total. The summed E-state index contributed by atoms with van der Waals surface area (Å²) in [4.78, 5) is 9.99. The van der Waals surface area contributed by atoms with Gasteiger partial charge in [0.15, 0.2) is 0 Å². The fraction of sp³-hybridized carbons (Fsp3) is 0.800. The molecule has 0 atom stereocenters. The molecule has 0 fully saturated rings. The third-order valence-corrected chi connectivity index (χ3v) is 0.818. The van der Waals surface area contributed by atoms with Crippen molar-refractivity contribution in [3.63, 3.8) is 0 Å². The van der Waals surface area contributed by atoms with Gasteiger partial charge < -0.3 is 5.73 Å². The van der Waals surface area contributed by atoms with Crippen LogP contribution in [0.1, 0.15) is 19.3 Å². The van der Waals surface area contributed by atoms with Gasteiger partial charge in [-0.3, -0.25) is 4.79 Å². The van der Waals surface area contributed by atoms with Gasteiger partial charge in [-0.2, -0.15) is 0 Å². The Morgan fingerprint density at radius 2 is 2.00 bits per heavy atom. The van der Waals surface area contributed by atoms with Crippen LogP contribution >= 0.6 is 0 Å². The highest BCUT2D eigenvalue weighted by atomic mass is 16.2. The highest BCUT2D eigenvalue weighted by molar-refractivity contribution is 5.73. The molecule has 1 radical (unpaired) electrons. The molecule has 0 aromatic carbocycles. The molecule has 0 aromatic heterocycles. The van der Waals surface area contributed by atoms with Gasteiger partial charge in [0.25, 0.3) is 0 Å². The van der Waals surface area contributed by atoms with Gasteiger partial charge in [0.2, 0.25) is 5.91 Å². The maximum atomic E-state index is 9.99. The lowest BCUT2D eigenvalue weighted by molar-refractivity contribution is -0.118. The second-order valence-electron chi connectivity index (χ2n) is 1.63. The Kier molecular flexibility index (Phi) is 4.26. The number of rotatable bonds is 4. The zero-order chi connectivity index (χ0) is 6.41. The average molecular weight is 116 g/mol. The summed E-state index contributed by atoms with van der Waals surface area (Å²) >= 11 is 0. The highest BCUT2D eigenvalue weighted by Crippen LogP contribution is 1.91. The molecule has 0 heterocycles. The van der Waals surface area contributed by atoms with Crippen molar-refractivity contribution in [3.8, 4) is 0 Å². The summed E-state index contributed by atoms with van der Waals surface area (Å²) in [5, 5.41) is 9.76. The van der Waals surface area contributed by atoms with Gasteiger partial charge >= 0.3 is 0 Å². The molecule has 0 saturated heterocycles. The molecule has 0 unspecified atom stereocenters. The van der Waals surface area contributed by atoms with Crippen LogP contribution < -0.4 is 5.73 Å². The Hall–Kier alpha value is -0.570. The molecule has 0 aromatic rings. The van der Waals surface area contributed by atoms with E-state index in [2.05, 4.69) is 0 Å². The van der Waals surface area contributed by atoms with Gasteiger partial charge in [0, 0.05) is 6.42 Å². The molecule has 0 aliphatic carbocycles. The minimum absolute atomic E-state index is 0.104. The molecule has 1 amide bonds. The first-order valence-electron chi connectivity index (χ1n) is 2.64. The Balaban J connectivity index is 2.82. The molecule has 47 valence electrons. The monoisotopic (exact) mass is 116 g/mol. The minimum atomic E-state index is -0.321. The second kappa shape index (κ2) is 4.59. The molecule has 3 heteroatoms. The van der Waals surface area contributed by atoms with Crippen molar-refractivity contribution in [2.45, 2.75) is 19.3 Å². The van der Waals surface area contributed by atoms with Crippen LogP contribution in [-0.2, 0) is 9.90 Å². The molecule has 2 N–H and O–H groups in total. The first-order valence-corrected chi connectivity index (χ1v) is 2.64. The largest absolute Gasteiger partial charge is 0.370 e. The topological polar surface area (TPSA) is 63.0 Å². The number of unbranched alkanes of at least 4 members (excludes halogenated alkanes) is 1. The van der Waals surface area contributed by atoms with E-state index in [1.807, 2.05) is 0 Å². The van der Waals surface area contributed by atoms with E-state index in [1.54, 1.807) is 0 Å². The van der Waals surface area contributed by atoms with E-state index in [-0.39, 0.29) is 12.5 Å². The van der Waals surface area contributed by atoms with Crippen LogP contribution in [0.2, 0.25) is 0 Å². The number of nitrogens with two attached hydrogens (primary N) is 1. The predicted molar refractivity (Wildman–Crippen MR) is 28.6 cm³/mol. The molecular weight excluding hydrogens is 106 g/mol. The summed E-state index contributed by atoms with van der Waals surface area (Å²) in [6, 6.07) is 0. The lowest BCUT2D eigenvalue weighted by Crippen LogP contribution is -2.09. The van der Waals surface area contributed by atoms with E-state index in [9.17, 15) is 9.90 Å². The molecule has 0 saturated carbocycles. The molecule has 0 aliphatic heterocycles. The Labute approximate surface area is 48.5 Å². The summed E-state index contributed by atoms with van der Waals surface area (Å²) in [6.45, 7) is -0.104. The zero-order valence-corrected chi connectivity index (χ0v) is 4.72. The van der Waals surface area contributed by atoms with Crippen LogP contribution in [0.25, 0.3) is 0 Å². The Morgan fingerprint density at radius 3 is 2.38 bits per heavy atom. The fourth-order valence-corrected chi connectivity index (χ4v) is 0.401. The predicted octanol–water partition coefficient (Wildman–Crippen LogP) is 0.0725. The van der Waals surface area contributed by atoms with E-state index >= 15 is 0 Å².